The standard InChI is InChI=1S/C11H13BrN4S/c1-3-4-13-10-8(12)5-7-6-14-11(17-2)16-9(7)15-10/h5-6H,3-4H2,1-2H3,(H,13,14,15,16). The summed E-state index contributed by atoms with van der Waals surface area (Å²) in [4.78, 5) is 13.1. The largest absolute Gasteiger partial charge is 0.369 e. The van der Waals surface area contributed by atoms with E-state index in [1.54, 1.807) is 6.20 Å². The Balaban J connectivity index is 2.44. The van der Waals surface area contributed by atoms with Crippen LogP contribution >= 0.6 is 27.7 Å². The molecule has 17 heavy (non-hydrogen) atoms. The maximum atomic E-state index is 4.50. The second-order valence-electron chi connectivity index (χ2n) is 3.52. The molecule has 4 nitrogen and oxygen atoms in total. The van der Waals surface area contributed by atoms with Gasteiger partial charge >= 0.3 is 0 Å². The SMILES string of the molecule is CCCNc1nc2nc(SC)ncc2cc1Br. The van der Waals surface area contributed by atoms with Crippen LogP contribution in [0.4, 0.5) is 5.82 Å². The highest BCUT2D eigenvalue weighted by molar-refractivity contribution is 9.10. The number of nitrogens with zero attached hydrogens (tertiary/aromatic N) is 3. The Hall–Kier alpha value is -0.880. The van der Waals surface area contributed by atoms with Gasteiger partial charge in [-0.1, -0.05) is 18.7 Å². The molecule has 0 aliphatic rings. The van der Waals surface area contributed by atoms with Gasteiger partial charge in [0.05, 0.1) is 4.47 Å². The van der Waals surface area contributed by atoms with Crippen molar-refractivity contribution in [2.75, 3.05) is 18.1 Å². The van der Waals surface area contributed by atoms with Gasteiger partial charge in [-0.15, -0.1) is 0 Å². The molecular weight excluding hydrogens is 300 g/mol. The van der Waals surface area contributed by atoms with E-state index in [1.807, 2.05) is 12.3 Å². The molecule has 0 amide bonds. The van der Waals surface area contributed by atoms with Gasteiger partial charge < -0.3 is 5.32 Å². The topological polar surface area (TPSA) is 50.7 Å². The molecule has 0 saturated heterocycles. The Morgan fingerprint density at radius 3 is 2.94 bits per heavy atom. The third-order valence-corrected chi connectivity index (χ3v) is 3.39. The molecule has 0 saturated carbocycles. The van der Waals surface area contributed by atoms with Crippen LogP contribution in [0.25, 0.3) is 11.0 Å². The predicted molar refractivity (Wildman–Crippen MR) is 75.6 cm³/mol. The number of hydrogen-bond acceptors (Lipinski definition) is 5. The predicted octanol–water partition coefficient (Wildman–Crippen LogP) is 3.33. The quantitative estimate of drug-likeness (QED) is 0.693. The molecule has 0 aliphatic carbocycles. The van der Waals surface area contributed by atoms with E-state index in [-0.39, 0.29) is 0 Å². The lowest BCUT2D eigenvalue weighted by Gasteiger charge is -2.07. The summed E-state index contributed by atoms with van der Waals surface area (Å²) in [5, 5.41) is 4.95. The third-order valence-electron chi connectivity index (χ3n) is 2.22. The molecule has 0 fully saturated rings. The molecule has 0 spiro atoms. The van der Waals surface area contributed by atoms with E-state index in [2.05, 4.69) is 43.1 Å². The Kier molecular flexibility index (Phi) is 4.17. The summed E-state index contributed by atoms with van der Waals surface area (Å²) >= 11 is 5.01. The first-order valence-electron chi connectivity index (χ1n) is 5.35. The van der Waals surface area contributed by atoms with Crippen molar-refractivity contribution in [1.82, 2.24) is 15.0 Å². The van der Waals surface area contributed by atoms with E-state index >= 15 is 0 Å². The number of pyridine rings is 1. The first kappa shape index (κ1) is 12.6. The molecule has 6 heteroatoms. The first-order chi connectivity index (χ1) is 8.24. The molecule has 2 aromatic heterocycles. The molecular formula is C11H13BrN4S. The zero-order valence-corrected chi connectivity index (χ0v) is 12.1. The van der Waals surface area contributed by atoms with Crippen LogP contribution in [0.5, 0.6) is 0 Å². The molecule has 0 aromatic carbocycles. The molecule has 0 unspecified atom stereocenters. The summed E-state index contributed by atoms with van der Waals surface area (Å²) in [7, 11) is 0. The van der Waals surface area contributed by atoms with Crippen molar-refractivity contribution in [3.05, 3.63) is 16.7 Å². The highest BCUT2D eigenvalue weighted by Crippen LogP contribution is 2.24. The smallest absolute Gasteiger partial charge is 0.189 e. The van der Waals surface area contributed by atoms with E-state index < -0.39 is 0 Å². The highest BCUT2D eigenvalue weighted by atomic mass is 79.9. The number of thioether (sulfide) groups is 1. The van der Waals surface area contributed by atoms with Crippen LogP contribution in [0.3, 0.4) is 0 Å². The van der Waals surface area contributed by atoms with Crippen LogP contribution in [0.15, 0.2) is 21.9 Å². The fourth-order valence-electron chi connectivity index (χ4n) is 1.39. The number of hydrogen-bond donors (Lipinski definition) is 1. The van der Waals surface area contributed by atoms with Crippen molar-refractivity contribution >= 4 is 44.5 Å². The molecule has 1 N–H and O–H groups in total. The normalized spacial score (nSPS) is 10.8. The van der Waals surface area contributed by atoms with Crippen LogP contribution in [-0.2, 0) is 0 Å². The average molecular weight is 313 g/mol. The van der Waals surface area contributed by atoms with E-state index in [0.717, 1.165) is 39.4 Å². The maximum Gasteiger partial charge on any atom is 0.189 e. The van der Waals surface area contributed by atoms with Gasteiger partial charge in [0.1, 0.15) is 5.82 Å². The number of aromatic nitrogens is 3. The van der Waals surface area contributed by atoms with E-state index in [0.29, 0.717) is 0 Å². The van der Waals surface area contributed by atoms with Gasteiger partial charge in [0.2, 0.25) is 0 Å². The minimum Gasteiger partial charge on any atom is -0.369 e. The van der Waals surface area contributed by atoms with Gasteiger partial charge in [0.25, 0.3) is 0 Å². The fourth-order valence-corrected chi connectivity index (χ4v) is 2.20. The zero-order chi connectivity index (χ0) is 12.3. The molecule has 0 aliphatic heterocycles. The van der Waals surface area contributed by atoms with Gasteiger partial charge in [0, 0.05) is 18.1 Å². The van der Waals surface area contributed by atoms with Gasteiger partial charge in [0.15, 0.2) is 10.8 Å². The summed E-state index contributed by atoms with van der Waals surface area (Å²) in [5.41, 5.74) is 0.728. The van der Waals surface area contributed by atoms with Crippen LogP contribution in [0.2, 0.25) is 0 Å². The van der Waals surface area contributed by atoms with Gasteiger partial charge in [-0.3, -0.25) is 0 Å². The van der Waals surface area contributed by atoms with Crippen molar-refractivity contribution in [2.45, 2.75) is 18.5 Å². The number of fused-ring (bicyclic) bond motifs is 1. The Labute approximate surface area is 113 Å². The third kappa shape index (κ3) is 2.87. The summed E-state index contributed by atoms with van der Waals surface area (Å²) in [5.74, 6) is 0.838. The van der Waals surface area contributed by atoms with Crippen LogP contribution in [-0.4, -0.2) is 27.8 Å². The number of rotatable bonds is 4. The van der Waals surface area contributed by atoms with Gasteiger partial charge in [-0.05, 0) is 34.7 Å². The second kappa shape index (κ2) is 5.64. The number of anilines is 1. The molecule has 0 bridgehead atoms. The van der Waals surface area contributed by atoms with Crippen molar-refractivity contribution in [3.8, 4) is 0 Å². The van der Waals surface area contributed by atoms with Crippen LogP contribution < -0.4 is 5.32 Å². The summed E-state index contributed by atoms with van der Waals surface area (Å²) < 4.78 is 0.943. The number of halogens is 1. The lowest BCUT2D eigenvalue weighted by atomic mass is 10.3. The molecule has 2 heterocycles. The Bertz CT molecular complexity index is 532. The summed E-state index contributed by atoms with van der Waals surface area (Å²) in [6.07, 6.45) is 4.82. The monoisotopic (exact) mass is 312 g/mol. The minimum atomic E-state index is 0.728. The first-order valence-corrected chi connectivity index (χ1v) is 7.37. The number of nitrogens with one attached hydrogen (secondary N) is 1. The summed E-state index contributed by atoms with van der Waals surface area (Å²) in [6.45, 7) is 3.02. The lowest BCUT2D eigenvalue weighted by Crippen LogP contribution is -2.03. The van der Waals surface area contributed by atoms with Crippen LogP contribution in [0.1, 0.15) is 13.3 Å². The maximum absolute atomic E-state index is 4.50. The fraction of sp³-hybridized carbons (Fsp3) is 0.364. The second-order valence-corrected chi connectivity index (χ2v) is 5.14. The average Bonchev–Trinajstić information content (AvgIpc) is 2.35. The van der Waals surface area contributed by atoms with Crippen molar-refractivity contribution in [2.24, 2.45) is 0 Å². The molecule has 90 valence electrons. The minimum absolute atomic E-state index is 0.728. The molecule has 0 atom stereocenters. The van der Waals surface area contributed by atoms with E-state index in [1.165, 1.54) is 11.8 Å². The van der Waals surface area contributed by atoms with Crippen LogP contribution in [0, 0.1) is 0 Å². The molecule has 2 rings (SSSR count). The highest BCUT2D eigenvalue weighted by Gasteiger charge is 2.06. The van der Waals surface area contributed by atoms with Gasteiger partial charge in [-0.2, -0.15) is 0 Å². The zero-order valence-electron chi connectivity index (χ0n) is 9.70. The molecule has 2 aromatic rings. The van der Waals surface area contributed by atoms with Gasteiger partial charge in [-0.25, -0.2) is 15.0 Å². The van der Waals surface area contributed by atoms with E-state index in [9.17, 15) is 0 Å². The lowest BCUT2D eigenvalue weighted by molar-refractivity contribution is 0.960. The molecule has 0 radical (unpaired) electrons. The van der Waals surface area contributed by atoms with E-state index in [4.69, 9.17) is 0 Å². The summed E-state index contributed by atoms with van der Waals surface area (Å²) in [6, 6.07) is 1.99. The van der Waals surface area contributed by atoms with Crippen molar-refractivity contribution < 1.29 is 0 Å². The Morgan fingerprint density at radius 1 is 1.41 bits per heavy atom. The Morgan fingerprint density at radius 2 is 2.24 bits per heavy atom. The van der Waals surface area contributed by atoms with Crippen molar-refractivity contribution in [1.29, 1.82) is 0 Å². The van der Waals surface area contributed by atoms with Crippen molar-refractivity contribution in [3.63, 3.8) is 0 Å².